The van der Waals surface area contributed by atoms with Crippen LogP contribution >= 0.6 is 11.6 Å². The summed E-state index contributed by atoms with van der Waals surface area (Å²) < 4.78 is 1.41. The van der Waals surface area contributed by atoms with E-state index in [0.717, 1.165) is 5.56 Å². The van der Waals surface area contributed by atoms with Crippen molar-refractivity contribution in [1.82, 2.24) is 9.55 Å². The maximum atomic E-state index is 12.4. The fraction of sp³-hybridized carbons (Fsp3) is 0.118. The average Bonchev–Trinajstić information content (AvgIpc) is 2.53. The Kier molecular flexibility index (Phi) is 3.88. The molecule has 0 bridgehead atoms. The van der Waals surface area contributed by atoms with Gasteiger partial charge in [0.15, 0.2) is 5.69 Å². The van der Waals surface area contributed by atoms with E-state index in [1.54, 1.807) is 37.4 Å². The number of para-hydroxylation sites is 2. The molecule has 6 heteroatoms. The fourth-order valence-corrected chi connectivity index (χ4v) is 2.61. The lowest BCUT2D eigenvalue weighted by Gasteiger charge is -2.09. The molecule has 1 aromatic heterocycles. The molecule has 3 rings (SSSR count). The van der Waals surface area contributed by atoms with Crippen LogP contribution in [0.1, 0.15) is 16.1 Å². The molecule has 0 radical (unpaired) electrons. The van der Waals surface area contributed by atoms with Crippen molar-refractivity contribution in [1.29, 1.82) is 0 Å². The third-order valence-electron chi connectivity index (χ3n) is 3.57. The zero-order valence-corrected chi connectivity index (χ0v) is 13.4. The van der Waals surface area contributed by atoms with E-state index in [1.807, 2.05) is 19.1 Å². The largest absolute Gasteiger partial charge is 0.319 e. The first-order valence-corrected chi connectivity index (χ1v) is 7.38. The highest BCUT2D eigenvalue weighted by molar-refractivity contribution is 6.34. The molecule has 1 amide bonds. The molecule has 5 nitrogen and oxygen atoms in total. The number of benzene rings is 2. The number of fused-ring (bicyclic) bond motifs is 1. The van der Waals surface area contributed by atoms with Crippen molar-refractivity contribution in [3.8, 4) is 0 Å². The van der Waals surface area contributed by atoms with Gasteiger partial charge in [-0.05, 0) is 36.8 Å². The van der Waals surface area contributed by atoms with Crippen molar-refractivity contribution in [2.75, 3.05) is 5.32 Å². The monoisotopic (exact) mass is 327 g/mol. The summed E-state index contributed by atoms with van der Waals surface area (Å²) in [7, 11) is 1.61. The van der Waals surface area contributed by atoms with Gasteiger partial charge in [0, 0.05) is 7.05 Å². The maximum absolute atomic E-state index is 12.4. The number of hydrogen-bond acceptors (Lipinski definition) is 3. The highest BCUT2D eigenvalue weighted by atomic mass is 35.5. The van der Waals surface area contributed by atoms with E-state index in [9.17, 15) is 9.59 Å². The minimum Gasteiger partial charge on any atom is -0.319 e. The normalized spacial score (nSPS) is 10.7. The number of anilines is 1. The van der Waals surface area contributed by atoms with Crippen LogP contribution < -0.4 is 10.9 Å². The average molecular weight is 328 g/mol. The topological polar surface area (TPSA) is 64.0 Å². The molecule has 0 aliphatic rings. The van der Waals surface area contributed by atoms with E-state index in [0.29, 0.717) is 21.7 Å². The molecular weight excluding hydrogens is 314 g/mol. The Bertz CT molecular complexity index is 979. The number of nitrogens with one attached hydrogen (secondary N) is 1. The Labute approximate surface area is 137 Å². The quantitative estimate of drug-likeness (QED) is 0.786. The van der Waals surface area contributed by atoms with Crippen LogP contribution in [0.3, 0.4) is 0 Å². The first-order chi connectivity index (χ1) is 11.0. The van der Waals surface area contributed by atoms with E-state index in [2.05, 4.69) is 10.3 Å². The molecule has 1 N–H and O–H groups in total. The molecule has 0 aliphatic carbocycles. The van der Waals surface area contributed by atoms with Crippen LogP contribution in [-0.4, -0.2) is 15.5 Å². The number of carbonyl (C=O) groups is 1. The molecule has 23 heavy (non-hydrogen) atoms. The summed E-state index contributed by atoms with van der Waals surface area (Å²) >= 11 is 6.11. The molecule has 0 aliphatic heterocycles. The number of aryl methyl sites for hydroxylation is 2. The van der Waals surface area contributed by atoms with Gasteiger partial charge in [-0.1, -0.05) is 29.8 Å². The standard InChI is InChI=1S/C17H14ClN3O2/c1-10-7-8-12(11(18)9-10)20-16(22)15-17(23)21(2)14-6-4-3-5-13(14)19-15/h3-9H,1-2H3,(H,20,22). The molecule has 116 valence electrons. The molecule has 3 aromatic rings. The Balaban J connectivity index is 2.04. The Morgan fingerprint density at radius 1 is 1.22 bits per heavy atom. The molecule has 1 heterocycles. The van der Waals surface area contributed by atoms with Gasteiger partial charge in [0.1, 0.15) is 0 Å². The minimum absolute atomic E-state index is 0.164. The molecule has 0 spiro atoms. The van der Waals surface area contributed by atoms with Crippen molar-refractivity contribution >= 4 is 34.2 Å². The lowest BCUT2D eigenvalue weighted by atomic mass is 10.2. The number of carbonyl (C=O) groups excluding carboxylic acids is 1. The van der Waals surface area contributed by atoms with Crippen molar-refractivity contribution in [3.05, 3.63) is 69.1 Å². The summed E-state index contributed by atoms with van der Waals surface area (Å²) in [4.78, 5) is 29.0. The second-order valence-electron chi connectivity index (χ2n) is 5.25. The number of rotatable bonds is 2. The van der Waals surface area contributed by atoms with Crippen LogP contribution in [0, 0.1) is 6.92 Å². The molecule has 2 aromatic carbocycles. The molecule has 0 saturated carbocycles. The van der Waals surface area contributed by atoms with Crippen LogP contribution in [0.4, 0.5) is 5.69 Å². The van der Waals surface area contributed by atoms with Gasteiger partial charge in [-0.15, -0.1) is 0 Å². The smallest absolute Gasteiger partial charge is 0.282 e. The van der Waals surface area contributed by atoms with Crippen LogP contribution in [0.15, 0.2) is 47.3 Å². The summed E-state index contributed by atoms with van der Waals surface area (Å²) in [5.74, 6) is -0.581. The van der Waals surface area contributed by atoms with E-state index in [4.69, 9.17) is 11.6 Å². The predicted octanol–water partition coefficient (Wildman–Crippen LogP) is 3.15. The third kappa shape index (κ3) is 2.83. The zero-order valence-electron chi connectivity index (χ0n) is 12.6. The van der Waals surface area contributed by atoms with Crippen molar-refractivity contribution in [2.24, 2.45) is 7.05 Å². The highest BCUT2D eigenvalue weighted by Gasteiger charge is 2.17. The highest BCUT2D eigenvalue weighted by Crippen LogP contribution is 2.23. The lowest BCUT2D eigenvalue weighted by molar-refractivity contribution is 0.102. The van der Waals surface area contributed by atoms with Gasteiger partial charge >= 0.3 is 0 Å². The van der Waals surface area contributed by atoms with E-state index in [-0.39, 0.29) is 5.69 Å². The summed E-state index contributed by atoms with van der Waals surface area (Å²) in [5.41, 5.74) is 2.05. The van der Waals surface area contributed by atoms with Gasteiger partial charge in [0.2, 0.25) is 0 Å². The number of halogens is 1. The lowest BCUT2D eigenvalue weighted by Crippen LogP contribution is -2.29. The van der Waals surface area contributed by atoms with Crippen LogP contribution in [-0.2, 0) is 7.05 Å². The molecule has 0 saturated heterocycles. The van der Waals surface area contributed by atoms with E-state index in [1.165, 1.54) is 4.57 Å². The summed E-state index contributed by atoms with van der Waals surface area (Å²) in [6.45, 7) is 1.90. The fourth-order valence-electron chi connectivity index (χ4n) is 2.33. The van der Waals surface area contributed by atoms with Crippen LogP contribution in [0.25, 0.3) is 11.0 Å². The zero-order chi connectivity index (χ0) is 16.6. The van der Waals surface area contributed by atoms with Gasteiger partial charge in [-0.2, -0.15) is 0 Å². The molecule has 0 unspecified atom stereocenters. The first kappa shape index (κ1) is 15.2. The molecule has 0 fully saturated rings. The molecule has 0 atom stereocenters. The Morgan fingerprint density at radius 2 is 1.96 bits per heavy atom. The van der Waals surface area contributed by atoms with Gasteiger partial charge in [-0.25, -0.2) is 4.98 Å². The van der Waals surface area contributed by atoms with Crippen LogP contribution in [0.5, 0.6) is 0 Å². The summed E-state index contributed by atoms with van der Waals surface area (Å²) in [6, 6.07) is 12.4. The molecular formula is C17H14ClN3O2. The van der Waals surface area contributed by atoms with Gasteiger partial charge in [-0.3, -0.25) is 9.59 Å². The van der Waals surface area contributed by atoms with Gasteiger partial charge < -0.3 is 9.88 Å². The SMILES string of the molecule is Cc1ccc(NC(=O)c2nc3ccccc3n(C)c2=O)c(Cl)c1. The third-order valence-corrected chi connectivity index (χ3v) is 3.88. The summed E-state index contributed by atoms with van der Waals surface area (Å²) in [5, 5.41) is 3.05. The number of nitrogens with zero attached hydrogens (tertiary/aromatic N) is 2. The van der Waals surface area contributed by atoms with E-state index < -0.39 is 11.5 Å². The Morgan fingerprint density at radius 3 is 2.70 bits per heavy atom. The number of aromatic nitrogens is 2. The van der Waals surface area contributed by atoms with Crippen molar-refractivity contribution in [2.45, 2.75) is 6.92 Å². The van der Waals surface area contributed by atoms with E-state index >= 15 is 0 Å². The van der Waals surface area contributed by atoms with Gasteiger partial charge in [0.05, 0.1) is 21.7 Å². The maximum Gasteiger partial charge on any atom is 0.282 e. The van der Waals surface area contributed by atoms with Gasteiger partial charge in [0.25, 0.3) is 11.5 Å². The number of hydrogen-bond donors (Lipinski definition) is 1. The minimum atomic E-state index is -0.581. The van der Waals surface area contributed by atoms with Crippen molar-refractivity contribution < 1.29 is 4.79 Å². The van der Waals surface area contributed by atoms with Crippen LogP contribution in [0.2, 0.25) is 5.02 Å². The van der Waals surface area contributed by atoms with Crippen molar-refractivity contribution in [3.63, 3.8) is 0 Å². The second-order valence-corrected chi connectivity index (χ2v) is 5.66. The summed E-state index contributed by atoms with van der Waals surface area (Å²) in [6.07, 6.45) is 0. The first-order valence-electron chi connectivity index (χ1n) is 7.00. The second kappa shape index (κ2) is 5.85. The predicted molar refractivity (Wildman–Crippen MR) is 91.1 cm³/mol. The number of amides is 1. The Hall–Kier alpha value is -2.66.